The van der Waals surface area contributed by atoms with Crippen LogP contribution in [0.4, 0.5) is 5.69 Å². The van der Waals surface area contributed by atoms with E-state index >= 15 is 0 Å². The van der Waals surface area contributed by atoms with Crippen molar-refractivity contribution in [2.24, 2.45) is 0 Å². The molecule has 1 unspecified atom stereocenters. The monoisotopic (exact) mass is 249 g/mol. The van der Waals surface area contributed by atoms with Gasteiger partial charge < -0.3 is 15.4 Å². The Morgan fingerprint density at radius 3 is 3.17 bits per heavy atom. The van der Waals surface area contributed by atoms with Gasteiger partial charge in [0.2, 0.25) is 0 Å². The molecule has 98 valence electrons. The van der Waals surface area contributed by atoms with Gasteiger partial charge in [-0.1, -0.05) is 0 Å². The molecule has 18 heavy (non-hydrogen) atoms. The summed E-state index contributed by atoms with van der Waals surface area (Å²) in [5.41, 5.74) is 1.35. The Morgan fingerprint density at radius 2 is 2.44 bits per heavy atom. The molecule has 1 aliphatic heterocycles. The van der Waals surface area contributed by atoms with Gasteiger partial charge in [0.25, 0.3) is 5.91 Å². The van der Waals surface area contributed by atoms with Crippen molar-refractivity contribution in [3.05, 3.63) is 24.0 Å². The fraction of sp³-hybridized carbons (Fsp3) is 0.538. The van der Waals surface area contributed by atoms with Crippen LogP contribution in [0, 0.1) is 0 Å². The van der Waals surface area contributed by atoms with E-state index < -0.39 is 0 Å². The lowest BCUT2D eigenvalue weighted by Crippen LogP contribution is -2.35. The van der Waals surface area contributed by atoms with E-state index in [4.69, 9.17) is 4.74 Å². The van der Waals surface area contributed by atoms with Crippen molar-refractivity contribution in [3.63, 3.8) is 0 Å². The van der Waals surface area contributed by atoms with Crippen molar-refractivity contribution in [2.75, 3.05) is 25.5 Å². The maximum absolute atomic E-state index is 12.0. The summed E-state index contributed by atoms with van der Waals surface area (Å²) in [5, 5.41) is 5.88. The largest absolute Gasteiger partial charge is 0.387 e. The number of hydrogen-bond acceptors (Lipinski definition) is 4. The van der Waals surface area contributed by atoms with E-state index in [0.717, 1.165) is 25.1 Å². The zero-order valence-electron chi connectivity index (χ0n) is 10.6. The first kappa shape index (κ1) is 12.8. The summed E-state index contributed by atoms with van der Waals surface area (Å²) in [6.45, 7) is 1.37. The van der Waals surface area contributed by atoms with Gasteiger partial charge in [-0.3, -0.25) is 9.78 Å². The van der Waals surface area contributed by atoms with Gasteiger partial charge in [0, 0.05) is 38.3 Å². The lowest BCUT2D eigenvalue weighted by molar-refractivity contribution is 0.0169. The van der Waals surface area contributed by atoms with Crippen LogP contribution in [0.15, 0.2) is 18.5 Å². The molecule has 2 N–H and O–H groups in total. The Morgan fingerprint density at radius 1 is 1.56 bits per heavy atom. The maximum Gasteiger partial charge on any atom is 0.255 e. The van der Waals surface area contributed by atoms with E-state index in [0.29, 0.717) is 12.1 Å². The molecular formula is C13H19N3O2. The summed E-state index contributed by atoms with van der Waals surface area (Å²) in [6, 6.07) is 1.78. The minimum atomic E-state index is -0.110. The number of nitrogens with one attached hydrogen (secondary N) is 2. The standard InChI is InChI=1S/C13H19N3O2/c1-14-12-5-6-15-9-11(12)13(17)16-8-10-4-2-3-7-18-10/h5-6,9-10H,2-4,7-8H2,1H3,(H,14,15)(H,16,17). The number of carbonyl (C=O) groups is 1. The molecule has 1 saturated heterocycles. The van der Waals surface area contributed by atoms with Gasteiger partial charge in [0.05, 0.1) is 11.7 Å². The average Bonchev–Trinajstić information content (AvgIpc) is 2.45. The molecule has 1 fully saturated rings. The van der Waals surface area contributed by atoms with Crippen molar-refractivity contribution in [1.29, 1.82) is 0 Å². The van der Waals surface area contributed by atoms with E-state index in [2.05, 4.69) is 15.6 Å². The second kappa shape index (κ2) is 6.35. The molecule has 1 aromatic rings. The van der Waals surface area contributed by atoms with Gasteiger partial charge >= 0.3 is 0 Å². The lowest BCUT2D eigenvalue weighted by Gasteiger charge is -2.22. The predicted molar refractivity (Wildman–Crippen MR) is 69.7 cm³/mol. The van der Waals surface area contributed by atoms with Crippen LogP contribution in [0.25, 0.3) is 0 Å². The fourth-order valence-corrected chi connectivity index (χ4v) is 2.06. The van der Waals surface area contributed by atoms with Crippen LogP contribution >= 0.6 is 0 Å². The number of aromatic nitrogens is 1. The fourth-order valence-electron chi connectivity index (χ4n) is 2.06. The molecule has 2 rings (SSSR count). The maximum atomic E-state index is 12.0. The highest BCUT2D eigenvalue weighted by atomic mass is 16.5. The molecule has 0 saturated carbocycles. The Bertz CT molecular complexity index is 403. The average molecular weight is 249 g/mol. The molecule has 1 aromatic heterocycles. The quantitative estimate of drug-likeness (QED) is 0.847. The highest BCUT2D eigenvalue weighted by Crippen LogP contribution is 2.14. The van der Waals surface area contributed by atoms with Gasteiger partial charge in [-0.2, -0.15) is 0 Å². The minimum absolute atomic E-state index is 0.110. The van der Waals surface area contributed by atoms with Crippen LogP contribution < -0.4 is 10.6 Å². The topological polar surface area (TPSA) is 63.2 Å². The van der Waals surface area contributed by atoms with Gasteiger partial charge in [-0.15, -0.1) is 0 Å². The molecule has 5 heteroatoms. The van der Waals surface area contributed by atoms with Crippen molar-refractivity contribution in [1.82, 2.24) is 10.3 Å². The number of hydrogen-bond donors (Lipinski definition) is 2. The lowest BCUT2D eigenvalue weighted by atomic mass is 10.1. The molecule has 0 spiro atoms. The van der Waals surface area contributed by atoms with Crippen LogP contribution in [0.1, 0.15) is 29.6 Å². The number of nitrogens with zero attached hydrogens (tertiary/aromatic N) is 1. The first-order chi connectivity index (χ1) is 8.81. The molecule has 1 atom stereocenters. The second-order valence-corrected chi connectivity index (χ2v) is 4.37. The predicted octanol–water partition coefficient (Wildman–Crippen LogP) is 1.42. The molecular weight excluding hydrogens is 230 g/mol. The summed E-state index contributed by atoms with van der Waals surface area (Å²) in [7, 11) is 1.79. The van der Waals surface area contributed by atoms with E-state index in [9.17, 15) is 4.79 Å². The van der Waals surface area contributed by atoms with E-state index in [1.807, 2.05) is 0 Å². The minimum Gasteiger partial charge on any atom is -0.387 e. The smallest absolute Gasteiger partial charge is 0.255 e. The number of ether oxygens (including phenoxy) is 1. The number of rotatable bonds is 4. The third-order valence-electron chi connectivity index (χ3n) is 3.10. The van der Waals surface area contributed by atoms with E-state index in [1.54, 1.807) is 25.5 Å². The number of carbonyl (C=O) groups excluding carboxylic acids is 1. The normalized spacial score (nSPS) is 19.3. The van der Waals surface area contributed by atoms with Crippen LogP contribution in [-0.2, 0) is 4.74 Å². The first-order valence-corrected chi connectivity index (χ1v) is 6.33. The Kier molecular flexibility index (Phi) is 4.52. The van der Waals surface area contributed by atoms with E-state index in [1.165, 1.54) is 6.42 Å². The molecule has 1 aliphatic rings. The SMILES string of the molecule is CNc1ccncc1C(=O)NCC1CCCCO1. The Labute approximate surface area is 107 Å². The van der Waals surface area contributed by atoms with Crippen LogP contribution in [0.5, 0.6) is 0 Å². The molecule has 0 aliphatic carbocycles. The number of anilines is 1. The third kappa shape index (κ3) is 3.20. The van der Waals surface area contributed by atoms with E-state index in [-0.39, 0.29) is 12.0 Å². The molecule has 5 nitrogen and oxygen atoms in total. The van der Waals surface area contributed by atoms with Gasteiger partial charge in [-0.25, -0.2) is 0 Å². The molecule has 2 heterocycles. The van der Waals surface area contributed by atoms with Crippen molar-refractivity contribution < 1.29 is 9.53 Å². The summed E-state index contributed by atoms with van der Waals surface area (Å²) >= 11 is 0. The summed E-state index contributed by atoms with van der Waals surface area (Å²) in [6.07, 6.45) is 6.70. The number of amides is 1. The Hall–Kier alpha value is -1.62. The highest BCUT2D eigenvalue weighted by molar-refractivity contribution is 5.99. The molecule has 0 bridgehead atoms. The Balaban J connectivity index is 1.90. The van der Waals surface area contributed by atoms with Crippen LogP contribution in [-0.4, -0.2) is 37.2 Å². The summed E-state index contributed by atoms with van der Waals surface area (Å²) < 4.78 is 5.57. The zero-order valence-corrected chi connectivity index (χ0v) is 10.6. The van der Waals surface area contributed by atoms with Gasteiger partial charge in [0.15, 0.2) is 0 Å². The third-order valence-corrected chi connectivity index (χ3v) is 3.10. The van der Waals surface area contributed by atoms with Crippen molar-refractivity contribution in [2.45, 2.75) is 25.4 Å². The van der Waals surface area contributed by atoms with Gasteiger partial charge in [0.1, 0.15) is 0 Å². The molecule has 0 aromatic carbocycles. The van der Waals surface area contributed by atoms with Crippen molar-refractivity contribution in [3.8, 4) is 0 Å². The van der Waals surface area contributed by atoms with Crippen LogP contribution in [0.3, 0.4) is 0 Å². The van der Waals surface area contributed by atoms with Crippen molar-refractivity contribution >= 4 is 11.6 Å². The summed E-state index contributed by atoms with van der Waals surface area (Å²) in [5.74, 6) is -0.110. The first-order valence-electron chi connectivity index (χ1n) is 6.33. The second-order valence-electron chi connectivity index (χ2n) is 4.37. The summed E-state index contributed by atoms with van der Waals surface area (Å²) in [4.78, 5) is 16.0. The highest BCUT2D eigenvalue weighted by Gasteiger charge is 2.16. The van der Waals surface area contributed by atoms with Crippen LogP contribution in [0.2, 0.25) is 0 Å². The zero-order chi connectivity index (χ0) is 12.8. The van der Waals surface area contributed by atoms with Gasteiger partial charge in [-0.05, 0) is 25.3 Å². The number of pyridine rings is 1. The molecule has 0 radical (unpaired) electrons. The molecule has 1 amide bonds.